The van der Waals surface area contributed by atoms with Gasteiger partial charge in [-0.1, -0.05) is 48.5 Å². The molecule has 31 heavy (non-hydrogen) atoms. The molecular formula is C23H22N2O6. The molecule has 0 fully saturated rings. The zero-order valence-corrected chi connectivity index (χ0v) is 16.5. The van der Waals surface area contributed by atoms with Crippen LogP contribution in [0.4, 0.5) is 4.79 Å². The SMILES string of the molecule is O=C(NCC(O)C(O)c1c[nH]c(C(=O)O)c1)OCC1c2ccccc2-c2ccccc21. The molecule has 2 atom stereocenters. The molecule has 0 saturated heterocycles. The van der Waals surface area contributed by atoms with E-state index in [-0.39, 0.29) is 30.3 Å². The van der Waals surface area contributed by atoms with Gasteiger partial charge in [0.2, 0.25) is 0 Å². The lowest BCUT2D eigenvalue weighted by Crippen LogP contribution is -2.36. The van der Waals surface area contributed by atoms with Gasteiger partial charge in [0.05, 0.1) is 0 Å². The lowest BCUT2D eigenvalue weighted by atomic mass is 9.98. The summed E-state index contributed by atoms with van der Waals surface area (Å²) >= 11 is 0. The number of amides is 1. The second-order valence-corrected chi connectivity index (χ2v) is 7.37. The Morgan fingerprint density at radius 2 is 1.65 bits per heavy atom. The standard InChI is InChI=1S/C23H22N2O6/c26-20(21(27)13-9-19(22(28)29)24-10-13)11-25-23(30)31-12-18-16-7-3-1-5-14(16)15-6-2-4-8-17(15)18/h1-10,18,20-21,24,26-27H,11-12H2,(H,25,30)(H,28,29). The molecule has 8 nitrogen and oxygen atoms in total. The molecule has 160 valence electrons. The Balaban J connectivity index is 1.33. The molecule has 1 amide bonds. The molecule has 0 saturated carbocycles. The van der Waals surface area contributed by atoms with Gasteiger partial charge in [0.1, 0.15) is 24.5 Å². The fourth-order valence-electron chi connectivity index (χ4n) is 3.88. The highest BCUT2D eigenvalue weighted by Gasteiger charge is 2.29. The number of aliphatic hydroxyl groups excluding tert-OH is 2. The number of carboxylic acids is 1. The van der Waals surface area contributed by atoms with Crippen LogP contribution >= 0.6 is 0 Å². The lowest BCUT2D eigenvalue weighted by molar-refractivity contribution is 0.0186. The Hall–Kier alpha value is -3.62. The number of hydrogen-bond donors (Lipinski definition) is 5. The van der Waals surface area contributed by atoms with Gasteiger partial charge in [-0.2, -0.15) is 0 Å². The molecule has 0 aliphatic heterocycles. The highest BCUT2D eigenvalue weighted by molar-refractivity contribution is 5.85. The van der Waals surface area contributed by atoms with E-state index in [0.717, 1.165) is 22.3 Å². The average Bonchev–Trinajstić information content (AvgIpc) is 3.39. The Kier molecular flexibility index (Phi) is 5.75. The van der Waals surface area contributed by atoms with Crippen molar-refractivity contribution < 1.29 is 29.6 Å². The van der Waals surface area contributed by atoms with Crippen LogP contribution in [0.2, 0.25) is 0 Å². The number of carbonyl (C=O) groups is 2. The van der Waals surface area contributed by atoms with Crippen molar-refractivity contribution in [2.45, 2.75) is 18.1 Å². The van der Waals surface area contributed by atoms with Crippen molar-refractivity contribution in [3.8, 4) is 11.1 Å². The number of rotatable bonds is 7. The third kappa shape index (κ3) is 4.16. The summed E-state index contributed by atoms with van der Waals surface area (Å²) in [5, 5.41) is 31.6. The minimum absolute atomic E-state index is 0.0806. The maximum Gasteiger partial charge on any atom is 0.407 e. The monoisotopic (exact) mass is 422 g/mol. The summed E-state index contributed by atoms with van der Waals surface area (Å²) in [6, 6.07) is 17.2. The van der Waals surface area contributed by atoms with E-state index >= 15 is 0 Å². The Labute approximate surface area is 178 Å². The molecule has 0 radical (unpaired) electrons. The molecule has 1 aliphatic rings. The molecule has 1 aliphatic carbocycles. The van der Waals surface area contributed by atoms with Gasteiger partial charge in [0.15, 0.2) is 0 Å². The van der Waals surface area contributed by atoms with Crippen LogP contribution in [-0.4, -0.2) is 51.6 Å². The maximum absolute atomic E-state index is 12.2. The van der Waals surface area contributed by atoms with E-state index < -0.39 is 24.3 Å². The first-order chi connectivity index (χ1) is 15.0. The third-order valence-electron chi connectivity index (χ3n) is 5.44. The van der Waals surface area contributed by atoms with Crippen LogP contribution in [-0.2, 0) is 4.74 Å². The van der Waals surface area contributed by atoms with Gasteiger partial charge in [0, 0.05) is 24.2 Å². The quantitative estimate of drug-likeness (QED) is 0.398. The van der Waals surface area contributed by atoms with Crippen LogP contribution in [0, 0.1) is 0 Å². The van der Waals surface area contributed by atoms with Crippen LogP contribution in [0.25, 0.3) is 11.1 Å². The molecule has 4 rings (SSSR count). The van der Waals surface area contributed by atoms with Crippen molar-refractivity contribution in [1.82, 2.24) is 10.3 Å². The summed E-state index contributed by atoms with van der Waals surface area (Å²) in [5.74, 6) is -1.26. The molecule has 0 spiro atoms. The van der Waals surface area contributed by atoms with Crippen molar-refractivity contribution in [2.75, 3.05) is 13.2 Å². The van der Waals surface area contributed by atoms with Gasteiger partial charge < -0.3 is 30.4 Å². The number of ether oxygens (including phenoxy) is 1. The van der Waals surface area contributed by atoms with Crippen LogP contribution in [0.5, 0.6) is 0 Å². The summed E-state index contributed by atoms with van der Waals surface area (Å²) in [6.45, 7) is -0.121. The van der Waals surface area contributed by atoms with Crippen LogP contribution < -0.4 is 5.32 Å². The molecule has 8 heteroatoms. The number of carbonyl (C=O) groups excluding carboxylic acids is 1. The van der Waals surface area contributed by atoms with E-state index in [1.54, 1.807) is 0 Å². The van der Waals surface area contributed by atoms with E-state index in [1.165, 1.54) is 12.3 Å². The molecule has 2 unspecified atom stereocenters. The fourth-order valence-corrected chi connectivity index (χ4v) is 3.88. The van der Waals surface area contributed by atoms with Crippen molar-refractivity contribution in [3.05, 3.63) is 83.2 Å². The van der Waals surface area contributed by atoms with Crippen molar-refractivity contribution >= 4 is 12.1 Å². The number of fused-ring (bicyclic) bond motifs is 3. The second kappa shape index (κ2) is 8.63. The number of H-pyrrole nitrogens is 1. The van der Waals surface area contributed by atoms with Gasteiger partial charge in [-0.05, 0) is 28.3 Å². The number of alkyl carbamates (subject to hydrolysis) is 1. The minimum atomic E-state index is -1.36. The van der Waals surface area contributed by atoms with E-state index in [9.17, 15) is 19.8 Å². The van der Waals surface area contributed by atoms with Gasteiger partial charge in [-0.15, -0.1) is 0 Å². The van der Waals surface area contributed by atoms with Crippen LogP contribution in [0.1, 0.15) is 39.2 Å². The molecule has 1 heterocycles. The normalized spacial score (nSPS) is 14.4. The Bertz CT molecular complexity index is 1060. The highest BCUT2D eigenvalue weighted by Crippen LogP contribution is 2.44. The van der Waals surface area contributed by atoms with Crippen molar-refractivity contribution in [1.29, 1.82) is 0 Å². The molecule has 2 aromatic carbocycles. The van der Waals surface area contributed by atoms with Gasteiger partial charge >= 0.3 is 12.1 Å². The first kappa shape index (κ1) is 20.6. The molecule has 5 N–H and O–H groups in total. The average molecular weight is 422 g/mol. The number of nitrogens with one attached hydrogen (secondary N) is 2. The number of aromatic carboxylic acids is 1. The van der Waals surface area contributed by atoms with E-state index in [2.05, 4.69) is 10.3 Å². The Morgan fingerprint density at radius 3 is 2.23 bits per heavy atom. The first-order valence-corrected chi connectivity index (χ1v) is 9.82. The molecule has 0 bridgehead atoms. The molecular weight excluding hydrogens is 400 g/mol. The van der Waals surface area contributed by atoms with Crippen molar-refractivity contribution in [2.24, 2.45) is 0 Å². The summed E-state index contributed by atoms with van der Waals surface area (Å²) < 4.78 is 5.38. The highest BCUT2D eigenvalue weighted by atomic mass is 16.5. The largest absolute Gasteiger partial charge is 0.477 e. The number of hydrogen-bond acceptors (Lipinski definition) is 5. The van der Waals surface area contributed by atoms with E-state index in [4.69, 9.17) is 9.84 Å². The van der Waals surface area contributed by atoms with E-state index in [1.807, 2.05) is 48.5 Å². The van der Waals surface area contributed by atoms with Gasteiger partial charge in [-0.25, -0.2) is 9.59 Å². The number of aliphatic hydroxyl groups is 2. The molecule has 1 aromatic heterocycles. The Morgan fingerprint density at radius 1 is 1.03 bits per heavy atom. The summed E-state index contributed by atoms with van der Waals surface area (Å²) in [6.07, 6.45) is -2.12. The number of carboxylic acid groups (broad SMARTS) is 1. The number of benzene rings is 2. The van der Waals surface area contributed by atoms with Crippen LogP contribution in [0.3, 0.4) is 0 Å². The fraction of sp³-hybridized carbons (Fsp3) is 0.217. The topological polar surface area (TPSA) is 132 Å². The van der Waals surface area contributed by atoms with Gasteiger partial charge in [-0.3, -0.25) is 0 Å². The minimum Gasteiger partial charge on any atom is -0.477 e. The van der Waals surface area contributed by atoms with Crippen molar-refractivity contribution in [3.63, 3.8) is 0 Å². The third-order valence-corrected chi connectivity index (χ3v) is 5.44. The predicted molar refractivity (Wildman–Crippen MR) is 112 cm³/mol. The predicted octanol–water partition coefficient (Wildman–Crippen LogP) is 2.65. The summed E-state index contributed by atoms with van der Waals surface area (Å²) in [4.78, 5) is 25.6. The van der Waals surface area contributed by atoms with Gasteiger partial charge in [0.25, 0.3) is 0 Å². The maximum atomic E-state index is 12.2. The summed E-state index contributed by atoms with van der Waals surface area (Å²) in [5.41, 5.74) is 4.53. The smallest absolute Gasteiger partial charge is 0.407 e. The van der Waals surface area contributed by atoms with E-state index in [0.29, 0.717) is 0 Å². The second-order valence-electron chi connectivity index (χ2n) is 7.37. The lowest BCUT2D eigenvalue weighted by Gasteiger charge is -2.18. The zero-order valence-electron chi connectivity index (χ0n) is 16.5. The van der Waals surface area contributed by atoms with Crippen LogP contribution in [0.15, 0.2) is 60.8 Å². The number of aromatic amines is 1. The number of aromatic nitrogens is 1. The molecule has 3 aromatic rings. The first-order valence-electron chi connectivity index (χ1n) is 9.82. The zero-order chi connectivity index (χ0) is 22.0. The summed E-state index contributed by atoms with van der Waals surface area (Å²) in [7, 11) is 0.